The summed E-state index contributed by atoms with van der Waals surface area (Å²) in [5, 5.41) is 1.91. The highest BCUT2D eigenvalue weighted by Gasteiger charge is 2.14. The third-order valence-electron chi connectivity index (χ3n) is 2.60. The van der Waals surface area contributed by atoms with Crippen LogP contribution in [0.1, 0.15) is 11.3 Å². The van der Waals surface area contributed by atoms with Crippen LogP contribution in [-0.4, -0.2) is 19.9 Å². The van der Waals surface area contributed by atoms with E-state index < -0.39 is 10.0 Å². The lowest BCUT2D eigenvalue weighted by atomic mass is 10.2. The average Bonchev–Trinajstić information content (AvgIpc) is 2.85. The molecular weight excluding hydrogens is 348 g/mol. The number of halogens is 1. The van der Waals surface area contributed by atoms with Crippen molar-refractivity contribution < 1.29 is 8.42 Å². The Bertz CT molecular complexity index is 654. The minimum absolute atomic E-state index is 0.284. The second-order valence-corrected chi connectivity index (χ2v) is 7.38. The summed E-state index contributed by atoms with van der Waals surface area (Å²) in [7, 11) is -3.45. The zero-order valence-corrected chi connectivity index (χ0v) is 13.5. The highest BCUT2D eigenvalue weighted by atomic mass is 79.9. The van der Waals surface area contributed by atoms with Crippen LogP contribution in [0.2, 0.25) is 0 Å². The number of hydrogen-bond acceptors (Lipinski definition) is 4. The van der Waals surface area contributed by atoms with Gasteiger partial charge >= 0.3 is 0 Å². The van der Waals surface area contributed by atoms with Crippen molar-refractivity contribution in [1.29, 1.82) is 0 Å². The molecule has 0 aliphatic rings. The van der Waals surface area contributed by atoms with Crippen LogP contribution in [0.4, 0.5) is 0 Å². The van der Waals surface area contributed by atoms with Crippen LogP contribution in [0, 0.1) is 6.92 Å². The number of nitrogens with one attached hydrogen (secondary N) is 1. The molecule has 2 rings (SSSR count). The second-order valence-electron chi connectivity index (χ2n) is 4.04. The van der Waals surface area contributed by atoms with Crippen molar-refractivity contribution >= 4 is 37.3 Å². The van der Waals surface area contributed by atoms with Crippen molar-refractivity contribution in [3.8, 4) is 0 Å². The molecule has 0 amide bonds. The first-order chi connectivity index (χ1) is 8.99. The van der Waals surface area contributed by atoms with E-state index in [1.807, 2.05) is 12.3 Å². The van der Waals surface area contributed by atoms with Gasteiger partial charge in [-0.15, -0.1) is 11.3 Å². The summed E-state index contributed by atoms with van der Waals surface area (Å²) in [4.78, 5) is 4.40. The smallest absolute Gasteiger partial charge is 0.240 e. The van der Waals surface area contributed by atoms with Gasteiger partial charge in [0.2, 0.25) is 10.0 Å². The van der Waals surface area contributed by atoms with Gasteiger partial charge in [0, 0.05) is 22.8 Å². The Labute approximate surface area is 125 Å². The van der Waals surface area contributed by atoms with E-state index >= 15 is 0 Å². The van der Waals surface area contributed by atoms with Crippen LogP contribution in [0.5, 0.6) is 0 Å². The molecule has 1 heterocycles. The molecule has 19 heavy (non-hydrogen) atoms. The van der Waals surface area contributed by atoms with Crippen LogP contribution in [-0.2, 0) is 16.4 Å². The van der Waals surface area contributed by atoms with Crippen LogP contribution in [0.15, 0.2) is 38.5 Å². The molecule has 0 unspecified atom stereocenters. The van der Waals surface area contributed by atoms with E-state index in [4.69, 9.17) is 0 Å². The Morgan fingerprint density at radius 2 is 2.21 bits per heavy atom. The molecule has 0 saturated heterocycles. The van der Waals surface area contributed by atoms with Gasteiger partial charge in [0.15, 0.2) is 0 Å². The van der Waals surface area contributed by atoms with Gasteiger partial charge in [-0.25, -0.2) is 18.1 Å². The standard InChI is InChI=1S/C12H13BrN2O2S2/c1-9-6-11(2-3-12(9)13)19(16,17)15-5-4-10-7-18-8-14-10/h2-3,6-8,15H,4-5H2,1H3. The summed E-state index contributed by atoms with van der Waals surface area (Å²) in [5.74, 6) is 0. The van der Waals surface area contributed by atoms with Gasteiger partial charge < -0.3 is 0 Å². The summed E-state index contributed by atoms with van der Waals surface area (Å²) in [6, 6.07) is 4.97. The van der Waals surface area contributed by atoms with Gasteiger partial charge in [0.25, 0.3) is 0 Å². The molecule has 0 spiro atoms. The third kappa shape index (κ3) is 3.85. The first kappa shape index (κ1) is 14.6. The molecule has 7 heteroatoms. The quantitative estimate of drug-likeness (QED) is 0.891. The predicted octanol–water partition coefficient (Wildman–Crippen LogP) is 2.74. The summed E-state index contributed by atoms with van der Waals surface area (Å²) in [6.07, 6.45) is 0.595. The predicted molar refractivity (Wildman–Crippen MR) is 79.9 cm³/mol. The van der Waals surface area contributed by atoms with E-state index in [0.717, 1.165) is 15.7 Å². The first-order valence-corrected chi connectivity index (χ1v) is 8.84. The van der Waals surface area contributed by atoms with Crippen molar-refractivity contribution in [2.45, 2.75) is 18.2 Å². The average molecular weight is 361 g/mol. The minimum Gasteiger partial charge on any atom is -0.250 e. The Morgan fingerprint density at radius 1 is 1.42 bits per heavy atom. The topological polar surface area (TPSA) is 59.1 Å². The maximum Gasteiger partial charge on any atom is 0.240 e. The molecule has 1 aromatic carbocycles. The molecule has 0 fully saturated rings. The maximum atomic E-state index is 12.1. The molecule has 1 aromatic heterocycles. The molecule has 4 nitrogen and oxygen atoms in total. The Hall–Kier alpha value is -0.760. The van der Waals surface area contributed by atoms with Crippen molar-refractivity contribution in [1.82, 2.24) is 9.71 Å². The lowest BCUT2D eigenvalue weighted by Gasteiger charge is -2.07. The number of aryl methyl sites for hydroxylation is 1. The monoisotopic (exact) mass is 360 g/mol. The number of hydrogen-bond donors (Lipinski definition) is 1. The summed E-state index contributed by atoms with van der Waals surface area (Å²) in [6.45, 7) is 2.21. The SMILES string of the molecule is Cc1cc(S(=O)(=O)NCCc2cscn2)ccc1Br. The zero-order valence-electron chi connectivity index (χ0n) is 10.3. The normalized spacial score (nSPS) is 11.7. The molecule has 1 N–H and O–H groups in total. The molecule has 0 atom stereocenters. The Kier molecular flexibility index (Phi) is 4.72. The Balaban J connectivity index is 2.03. The Morgan fingerprint density at radius 3 is 2.84 bits per heavy atom. The van der Waals surface area contributed by atoms with Crippen molar-refractivity contribution in [2.24, 2.45) is 0 Å². The zero-order chi connectivity index (χ0) is 13.9. The summed E-state index contributed by atoms with van der Waals surface area (Å²) >= 11 is 4.86. The van der Waals surface area contributed by atoms with E-state index in [9.17, 15) is 8.42 Å². The molecule has 0 aliphatic carbocycles. The number of thiazole rings is 1. The van der Waals surface area contributed by atoms with Gasteiger partial charge in [-0.05, 0) is 30.7 Å². The molecule has 2 aromatic rings. The van der Waals surface area contributed by atoms with Crippen molar-refractivity contribution in [3.63, 3.8) is 0 Å². The molecular formula is C12H13BrN2O2S2. The van der Waals surface area contributed by atoms with Crippen LogP contribution < -0.4 is 4.72 Å². The molecule has 0 bridgehead atoms. The van der Waals surface area contributed by atoms with Crippen LogP contribution in [0.25, 0.3) is 0 Å². The maximum absolute atomic E-state index is 12.1. The van der Waals surface area contributed by atoms with Crippen LogP contribution >= 0.6 is 27.3 Å². The first-order valence-electron chi connectivity index (χ1n) is 5.62. The number of rotatable bonds is 5. The van der Waals surface area contributed by atoms with Gasteiger partial charge in [-0.2, -0.15) is 0 Å². The fourth-order valence-electron chi connectivity index (χ4n) is 1.54. The van der Waals surface area contributed by atoms with Gasteiger partial charge in [-0.3, -0.25) is 0 Å². The lowest BCUT2D eigenvalue weighted by molar-refractivity contribution is 0.581. The summed E-state index contributed by atoms with van der Waals surface area (Å²) in [5.41, 5.74) is 3.53. The van der Waals surface area contributed by atoms with Gasteiger partial charge in [0.1, 0.15) is 0 Å². The molecule has 102 valence electrons. The van der Waals surface area contributed by atoms with E-state index in [-0.39, 0.29) is 4.90 Å². The minimum atomic E-state index is -3.45. The number of benzene rings is 1. The molecule has 0 saturated carbocycles. The fraction of sp³-hybridized carbons (Fsp3) is 0.250. The number of aromatic nitrogens is 1. The largest absolute Gasteiger partial charge is 0.250 e. The number of nitrogens with zero attached hydrogens (tertiary/aromatic N) is 1. The van der Waals surface area contributed by atoms with E-state index in [1.54, 1.807) is 23.7 Å². The highest BCUT2D eigenvalue weighted by molar-refractivity contribution is 9.10. The summed E-state index contributed by atoms with van der Waals surface area (Å²) < 4.78 is 27.6. The van der Waals surface area contributed by atoms with E-state index in [2.05, 4.69) is 25.6 Å². The fourth-order valence-corrected chi connectivity index (χ4v) is 3.50. The molecule has 0 radical (unpaired) electrons. The van der Waals surface area contributed by atoms with Crippen molar-refractivity contribution in [3.05, 3.63) is 44.8 Å². The third-order valence-corrected chi connectivity index (χ3v) is 5.58. The van der Waals surface area contributed by atoms with Crippen molar-refractivity contribution in [2.75, 3.05) is 6.54 Å². The van der Waals surface area contributed by atoms with Gasteiger partial charge in [-0.1, -0.05) is 15.9 Å². The van der Waals surface area contributed by atoms with Gasteiger partial charge in [0.05, 0.1) is 16.1 Å². The van der Waals surface area contributed by atoms with E-state index in [1.165, 1.54) is 11.3 Å². The number of sulfonamides is 1. The van der Waals surface area contributed by atoms with Crippen LogP contribution in [0.3, 0.4) is 0 Å². The lowest BCUT2D eigenvalue weighted by Crippen LogP contribution is -2.26. The van der Waals surface area contributed by atoms with E-state index in [0.29, 0.717) is 13.0 Å². The second kappa shape index (κ2) is 6.13. The highest BCUT2D eigenvalue weighted by Crippen LogP contribution is 2.19. The molecule has 0 aliphatic heterocycles.